The van der Waals surface area contributed by atoms with Gasteiger partial charge in [0.2, 0.25) is 0 Å². The van der Waals surface area contributed by atoms with Crippen molar-refractivity contribution in [3.63, 3.8) is 0 Å². The molecule has 6 nitrogen and oxygen atoms in total. The van der Waals surface area contributed by atoms with Gasteiger partial charge in [0.25, 0.3) is 0 Å². The highest BCUT2D eigenvalue weighted by molar-refractivity contribution is 5.91. The number of carbonyl (C=O) groups is 1. The Morgan fingerprint density at radius 1 is 1.21 bits per heavy atom. The first-order valence-electron chi connectivity index (χ1n) is 3.75. The summed E-state index contributed by atoms with van der Waals surface area (Å²) >= 11 is 0. The van der Waals surface area contributed by atoms with E-state index in [2.05, 4.69) is 4.74 Å². The lowest BCUT2D eigenvalue weighted by Gasteiger charge is -2.06. The molecule has 0 fully saturated rings. The summed E-state index contributed by atoms with van der Waals surface area (Å²) in [7, 11) is 1.24. The van der Waals surface area contributed by atoms with Gasteiger partial charge in [-0.2, -0.15) is 0 Å². The lowest BCUT2D eigenvalue weighted by molar-refractivity contribution is 0.0601. The second kappa shape index (κ2) is 4.45. The van der Waals surface area contributed by atoms with E-state index in [-0.39, 0.29) is 16.9 Å². The van der Waals surface area contributed by atoms with E-state index in [1.54, 1.807) is 0 Å². The monoisotopic (exact) mass is 198 g/mol. The van der Waals surface area contributed by atoms with Crippen LogP contribution in [0.1, 0.15) is 10.4 Å². The molecule has 0 aliphatic carbocycles. The predicted molar refractivity (Wildman–Crippen MR) is 48.6 cm³/mol. The maximum absolute atomic E-state index is 11.1. The summed E-state index contributed by atoms with van der Waals surface area (Å²) in [6.07, 6.45) is 0. The second-order valence-corrected chi connectivity index (χ2v) is 2.51. The minimum atomic E-state index is -0.557. The van der Waals surface area contributed by atoms with Crippen LogP contribution >= 0.6 is 0 Å². The molecule has 0 aliphatic heterocycles. The minimum Gasteiger partial charge on any atom is -0.465 e. The number of hydrogen-bond acceptors (Lipinski definition) is 6. The fourth-order valence-electron chi connectivity index (χ4n) is 0.992. The SMILES string of the molecule is COC(=O)c1cc(NO)cc(NO)c1. The fourth-order valence-corrected chi connectivity index (χ4v) is 0.992. The first-order valence-corrected chi connectivity index (χ1v) is 3.75. The molecule has 0 atom stereocenters. The highest BCUT2D eigenvalue weighted by atomic mass is 16.5. The molecule has 0 aromatic heterocycles. The summed E-state index contributed by atoms with van der Waals surface area (Å²) in [6, 6.07) is 4.17. The van der Waals surface area contributed by atoms with E-state index in [1.165, 1.54) is 25.3 Å². The van der Waals surface area contributed by atoms with Crippen LogP contribution in [0, 0.1) is 0 Å². The van der Waals surface area contributed by atoms with Crippen molar-refractivity contribution in [3.8, 4) is 0 Å². The van der Waals surface area contributed by atoms with Gasteiger partial charge in [-0.05, 0) is 18.2 Å². The standard InChI is InChI=1S/C8H10N2O4/c1-14-8(11)5-2-6(9-12)4-7(3-5)10-13/h2-4,9-10,12-13H,1H3. The van der Waals surface area contributed by atoms with Crippen LogP contribution in [-0.2, 0) is 4.74 Å². The van der Waals surface area contributed by atoms with Gasteiger partial charge < -0.3 is 4.74 Å². The Kier molecular flexibility index (Phi) is 3.27. The number of esters is 1. The summed E-state index contributed by atoms with van der Waals surface area (Å²) in [6.45, 7) is 0. The topological polar surface area (TPSA) is 90.8 Å². The summed E-state index contributed by atoms with van der Waals surface area (Å²) in [5, 5.41) is 17.2. The van der Waals surface area contributed by atoms with Crippen LogP contribution in [0.4, 0.5) is 11.4 Å². The molecule has 0 saturated carbocycles. The number of anilines is 2. The number of rotatable bonds is 3. The molecule has 0 aliphatic rings. The normalized spacial score (nSPS) is 9.36. The van der Waals surface area contributed by atoms with Gasteiger partial charge in [-0.1, -0.05) is 0 Å². The maximum Gasteiger partial charge on any atom is 0.338 e. The lowest BCUT2D eigenvalue weighted by atomic mass is 10.2. The molecule has 0 bridgehead atoms. The molecular formula is C8H10N2O4. The van der Waals surface area contributed by atoms with Crippen LogP contribution in [0.3, 0.4) is 0 Å². The van der Waals surface area contributed by atoms with E-state index >= 15 is 0 Å². The van der Waals surface area contributed by atoms with E-state index in [9.17, 15) is 4.79 Å². The molecule has 0 radical (unpaired) electrons. The van der Waals surface area contributed by atoms with Gasteiger partial charge in [-0.3, -0.25) is 21.4 Å². The molecule has 0 saturated heterocycles. The maximum atomic E-state index is 11.1. The molecule has 1 aromatic carbocycles. The first kappa shape index (κ1) is 10.3. The molecule has 1 rings (SSSR count). The van der Waals surface area contributed by atoms with Crippen LogP contribution in [-0.4, -0.2) is 23.5 Å². The Morgan fingerprint density at radius 2 is 1.71 bits per heavy atom. The van der Waals surface area contributed by atoms with Crippen molar-refractivity contribution in [2.45, 2.75) is 0 Å². The zero-order valence-electron chi connectivity index (χ0n) is 7.44. The number of methoxy groups -OCH3 is 1. The first-order chi connectivity index (χ1) is 6.71. The quantitative estimate of drug-likeness (QED) is 0.429. The number of nitrogens with one attached hydrogen (secondary N) is 2. The Balaban J connectivity index is 3.10. The number of benzene rings is 1. The molecule has 6 heteroatoms. The van der Waals surface area contributed by atoms with Crippen LogP contribution in [0.5, 0.6) is 0 Å². The molecule has 4 N–H and O–H groups in total. The molecule has 0 spiro atoms. The van der Waals surface area contributed by atoms with Gasteiger partial charge in [-0.15, -0.1) is 0 Å². The third-order valence-corrected chi connectivity index (χ3v) is 1.61. The van der Waals surface area contributed by atoms with Crippen LogP contribution < -0.4 is 11.0 Å². The molecule has 76 valence electrons. The van der Waals surface area contributed by atoms with Crippen LogP contribution in [0.15, 0.2) is 18.2 Å². The van der Waals surface area contributed by atoms with Crippen molar-refractivity contribution >= 4 is 17.3 Å². The average Bonchev–Trinajstić information content (AvgIpc) is 2.27. The van der Waals surface area contributed by atoms with E-state index in [0.717, 1.165) is 0 Å². The largest absolute Gasteiger partial charge is 0.465 e. The highest BCUT2D eigenvalue weighted by Gasteiger charge is 2.08. The molecule has 1 aromatic rings. The van der Waals surface area contributed by atoms with E-state index in [1.807, 2.05) is 11.0 Å². The molecule has 0 heterocycles. The van der Waals surface area contributed by atoms with Crippen molar-refractivity contribution in [3.05, 3.63) is 23.8 Å². The van der Waals surface area contributed by atoms with Crippen LogP contribution in [0.2, 0.25) is 0 Å². The van der Waals surface area contributed by atoms with Crippen LogP contribution in [0.25, 0.3) is 0 Å². The molecule has 14 heavy (non-hydrogen) atoms. The fraction of sp³-hybridized carbons (Fsp3) is 0.125. The van der Waals surface area contributed by atoms with E-state index in [0.29, 0.717) is 0 Å². The predicted octanol–water partition coefficient (Wildman–Crippen LogP) is 1.08. The lowest BCUT2D eigenvalue weighted by Crippen LogP contribution is -2.04. The van der Waals surface area contributed by atoms with Crippen molar-refractivity contribution in [2.75, 3.05) is 18.1 Å². The zero-order valence-corrected chi connectivity index (χ0v) is 7.44. The van der Waals surface area contributed by atoms with Crippen molar-refractivity contribution in [1.82, 2.24) is 0 Å². The summed E-state index contributed by atoms with van der Waals surface area (Å²) in [5.74, 6) is -0.557. The minimum absolute atomic E-state index is 0.211. The van der Waals surface area contributed by atoms with Crippen molar-refractivity contribution in [2.24, 2.45) is 0 Å². The Bertz CT molecular complexity index is 318. The van der Waals surface area contributed by atoms with Gasteiger partial charge in [0.05, 0.1) is 24.0 Å². The Labute approximate surface area is 80.0 Å². The van der Waals surface area contributed by atoms with Gasteiger partial charge in [0.1, 0.15) is 0 Å². The average molecular weight is 198 g/mol. The smallest absolute Gasteiger partial charge is 0.338 e. The van der Waals surface area contributed by atoms with Crippen molar-refractivity contribution in [1.29, 1.82) is 0 Å². The molecular weight excluding hydrogens is 188 g/mol. The van der Waals surface area contributed by atoms with Gasteiger partial charge in [0.15, 0.2) is 0 Å². The van der Waals surface area contributed by atoms with Gasteiger partial charge in [-0.25, -0.2) is 4.79 Å². The Hall–Kier alpha value is -1.79. The number of hydrogen-bond donors (Lipinski definition) is 4. The summed E-state index contributed by atoms with van der Waals surface area (Å²) in [5.41, 5.74) is 4.47. The number of carbonyl (C=O) groups excluding carboxylic acids is 1. The summed E-state index contributed by atoms with van der Waals surface area (Å²) < 4.78 is 4.48. The van der Waals surface area contributed by atoms with Gasteiger partial charge >= 0.3 is 5.97 Å². The third kappa shape index (κ3) is 2.12. The van der Waals surface area contributed by atoms with Crippen molar-refractivity contribution < 1.29 is 19.9 Å². The second-order valence-electron chi connectivity index (χ2n) is 2.51. The Morgan fingerprint density at radius 3 is 2.07 bits per heavy atom. The van der Waals surface area contributed by atoms with E-state index in [4.69, 9.17) is 10.4 Å². The summed E-state index contributed by atoms with van der Waals surface area (Å²) in [4.78, 5) is 11.1. The molecule has 0 amide bonds. The third-order valence-electron chi connectivity index (χ3n) is 1.61. The highest BCUT2D eigenvalue weighted by Crippen LogP contribution is 2.18. The van der Waals surface area contributed by atoms with Gasteiger partial charge in [0, 0.05) is 0 Å². The zero-order chi connectivity index (χ0) is 10.6. The number of ether oxygens (including phenoxy) is 1. The molecule has 0 unspecified atom stereocenters. The van der Waals surface area contributed by atoms with E-state index < -0.39 is 5.97 Å².